The first-order chi connectivity index (χ1) is 15.2. The quantitative estimate of drug-likeness (QED) is 0.239. The molecule has 1 aromatic carbocycles. The number of carbonyl (C=O) groups excluding carboxylic acids is 5. The molecule has 2 rings (SSSR count). The summed E-state index contributed by atoms with van der Waals surface area (Å²) in [6, 6.07) is 2.67. The number of esters is 3. The Bertz CT molecular complexity index is 886. The van der Waals surface area contributed by atoms with Gasteiger partial charge in [-0.15, -0.1) is 0 Å². The summed E-state index contributed by atoms with van der Waals surface area (Å²) in [5.41, 5.74) is -0.225. The van der Waals surface area contributed by atoms with E-state index in [-0.39, 0.29) is 24.1 Å². The van der Waals surface area contributed by atoms with Gasteiger partial charge in [-0.2, -0.15) is 0 Å². The topological polar surface area (TPSA) is 157 Å². The first-order valence-electron chi connectivity index (χ1n) is 10.1. The van der Waals surface area contributed by atoms with Gasteiger partial charge in [-0.3, -0.25) is 19.2 Å². The zero-order valence-electron chi connectivity index (χ0n) is 18.0. The zero-order chi connectivity index (χ0) is 23.8. The number of rotatable bonds is 7. The van der Waals surface area contributed by atoms with Gasteiger partial charge in [-0.25, -0.2) is 4.79 Å². The van der Waals surface area contributed by atoms with Crippen LogP contribution in [0.25, 0.3) is 0 Å². The fraction of sp³-hybridized carbons (Fsp3) is 0.476. The van der Waals surface area contributed by atoms with Crippen LogP contribution in [0.5, 0.6) is 5.75 Å². The number of carbonyl (C=O) groups is 5. The van der Waals surface area contributed by atoms with E-state index < -0.39 is 53.9 Å². The van der Waals surface area contributed by atoms with E-state index in [9.17, 15) is 29.1 Å². The van der Waals surface area contributed by atoms with E-state index in [0.29, 0.717) is 12.8 Å². The number of hydrogen-bond acceptors (Lipinski definition) is 9. The summed E-state index contributed by atoms with van der Waals surface area (Å²) in [4.78, 5) is 60.2. The van der Waals surface area contributed by atoms with Crippen LogP contribution >= 0.6 is 0 Å². The molecule has 1 heterocycles. The number of phenols is 1. The van der Waals surface area contributed by atoms with E-state index in [1.54, 1.807) is 6.92 Å². The standard InChI is InChI=1S/C21H26N2O9/c1-4-6-16(25)32-15-9-17(26)30-12(3)18(21(29)31-11(15)2)23-20(28)13-7-5-8-14(19(13)27)22-10-24/h5,7-8,10-12,15,18,27H,4,6,9H2,1-3H3,(H,22,24)(H,23,28). The predicted molar refractivity (Wildman–Crippen MR) is 110 cm³/mol. The monoisotopic (exact) mass is 450 g/mol. The van der Waals surface area contributed by atoms with Crippen LogP contribution in [0.3, 0.4) is 0 Å². The van der Waals surface area contributed by atoms with Crippen molar-refractivity contribution < 1.29 is 43.3 Å². The summed E-state index contributed by atoms with van der Waals surface area (Å²) in [6.45, 7) is 4.65. The molecule has 174 valence electrons. The van der Waals surface area contributed by atoms with Gasteiger partial charge < -0.3 is 30.0 Å². The van der Waals surface area contributed by atoms with Gasteiger partial charge in [0, 0.05) is 6.42 Å². The first-order valence-corrected chi connectivity index (χ1v) is 10.1. The number of benzene rings is 1. The third-order valence-corrected chi connectivity index (χ3v) is 4.75. The molecule has 32 heavy (non-hydrogen) atoms. The number of para-hydroxylation sites is 1. The van der Waals surface area contributed by atoms with Crippen LogP contribution < -0.4 is 10.6 Å². The molecule has 2 amide bonds. The number of ether oxygens (including phenoxy) is 3. The Labute approximate surface area is 184 Å². The number of cyclic esters (lactones) is 2. The van der Waals surface area contributed by atoms with Gasteiger partial charge in [0.05, 0.1) is 17.7 Å². The number of phenolic OH excluding ortho intramolecular Hbond substituents is 1. The largest absolute Gasteiger partial charge is 0.505 e. The molecule has 0 spiro atoms. The Hall–Kier alpha value is -3.63. The number of amides is 2. The lowest BCUT2D eigenvalue weighted by molar-refractivity contribution is -0.168. The number of nitrogens with one attached hydrogen (secondary N) is 2. The van der Waals surface area contributed by atoms with Crippen LogP contribution in [-0.2, 0) is 33.4 Å². The Morgan fingerprint density at radius 2 is 1.94 bits per heavy atom. The molecule has 0 aromatic heterocycles. The molecule has 4 atom stereocenters. The maximum absolute atomic E-state index is 12.7. The van der Waals surface area contributed by atoms with Crippen LogP contribution in [0.15, 0.2) is 18.2 Å². The van der Waals surface area contributed by atoms with Gasteiger partial charge in [0.1, 0.15) is 18.3 Å². The fourth-order valence-corrected chi connectivity index (χ4v) is 3.05. The minimum atomic E-state index is -1.40. The molecular weight excluding hydrogens is 424 g/mol. The summed E-state index contributed by atoms with van der Waals surface area (Å²) < 4.78 is 15.8. The molecule has 11 nitrogen and oxygen atoms in total. The highest BCUT2D eigenvalue weighted by molar-refractivity contribution is 6.01. The summed E-state index contributed by atoms with van der Waals surface area (Å²) in [5.74, 6) is -3.55. The molecule has 0 bridgehead atoms. The van der Waals surface area contributed by atoms with Crippen molar-refractivity contribution in [3.05, 3.63) is 23.8 Å². The van der Waals surface area contributed by atoms with Crippen LogP contribution in [0.1, 0.15) is 50.4 Å². The highest BCUT2D eigenvalue weighted by Gasteiger charge is 2.38. The second-order valence-corrected chi connectivity index (χ2v) is 7.23. The fourth-order valence-electron chi connectivity index (χ4n) is 3.05. The third kappa shape index (κ3) is 6.19. The summed E-state index contributed by atoms with van der Waals surface area (Å²) in [5, 5.41) is 14.8. The van der Waals surface area contributed by atoms with Gasteiger partial charge in [-0.05, 0) is 32.4 Å². The molecule has 4 unspecified atom stereocenters. The number of anilines is 1. The first kappa shape index (κ1) is 24.6. The maximum atomic E-state index is 12.7. The summed E-state index contributed by atoms with van der Waals surface area (Å²) >= 11 is 0. The summed E-state index contributed by atoms with van der Waals surface area (Å²) in [7, 11) is 0. The number of aromatic hydroxyl groups is 1. The van der Waals surface area contributed by atoms with Gasteiger partial charge in [0.2, 0.25) is 6.41 Å². The average molecular weight is 450 g/mol. The van der Waals surface area contributed by atoms with Gasteiger partial charge in [0.15, 0.2) is 11.8 Å². The van der Waals surface area contributed by atoms with Crippen molar-refractivity contribution in [2.45, 2.75) is 64.4 Å². The van der Waals surface area contributed by atoms with Crippen molar-refractivity contribution in [3.63, 3.8) is 0 Å². The third-order valence-electron chi connectivity index (χ3n) is 4.75. The van der Waals surface area contributed by atoms with Crippen LogP contribution in [0.2, 0.25) is 0 Å². The van der Waals surface area contributed by atoms with Crippen molar-refractivity contribution in [3.8, 4) is 5.75 Å². The van der Waals surface area contributed by atoms with Crippen molar-refractivity contribution in [2.75, 3.05) is 5.32 Å². The molecule has 1 fully saturated rings. The molecule has 0 radical (unpaired) electrons. The van der Waals surface area contributed by atoms with E-state index in [4.69, 9.17) is 14.2 Å². The van der Waals surface area contributed by atoms with Gasteiger partial charge in [0.25, 0.3) is 5.91 Å². The van der Waals surface area contributed by atoms with Crippen molar-refractivity contribution in [1.29, 1.82) is 0 Å². The SMILES string of the molecule is CCCC(=O)OC1CC(=O)OC(C)C(NC(=O)c2cccc(NC=O)c2O)C(=O)OC1C. The van der Waals surface area contributed by atoms with Crippen LogP contribution in [0.4, 0.5) is 5.69 Å². The summed E-state index contributed by atoms with van der Waals surface area (Å²) in [6.07, 6.45) is -2.44. The Morgan fingerprint density at radius 1 is 1.22 bits per heavy atom. The lowest BCUT2D eigenvalue weighted by Gasteiger charge is -2.24. The second-order valence-electron chi connectivity index (χ2n) is 7.23. The molecule has 3 N–H and O–H groups in total. The molecule has 1 aromatic rings. The minimum absolute atomic E-state index is 0.00507. The Kier molecular flexibility index (Phi) is 8.56. The molecule has 11 heteroatoms. The van der Waals surface area contributed by atoms with Crippen molar-refractivity contribution >= 4 is 35.9 Å². The van der Waals surface area contributed by atoms with E-state index in [0.717, 1.165) is 0 Å². The lowest BCUT2D eigenvalue weighted by atomic mass is 10.1. The van der Waals surface area contributed by atoms with Crippen molar-refractivity contribution in [1.82, 2.24) is 5.32 Å². The minimum Gasteiger partial charge on any atom is -0.505 e. The molecule has 0 saturated carbocycles. The Balaban J connectivity index is 2.22. The smallest absolute Gasteiger partial charge is 0.332 e. The Morgan fingerprint density at radius 3 is 2.59 bits per heavy atom. The highest BCUT2D eigenvalue weighted by atomic mass is 16.6. The number of hydrogen-bond donors (Lipinski definition) is 3. The lowest BCUT2D eigenvalue weighted by Crippen LogP contribution is -2.50. The average Bonchev–Trinajstić information content (AvgIpc) is 2.75. The van der Waals surface area contributed by atoms with Crippen LogP contribution in [-0.4, -0.2) is 59.7 Å². The van der Waals surface area contributed by atoms with E-state index >= 15 is 0 Å². The zero-order valence-corrected chi connectivity index (χ0v) is 18.0. The predicted octanol–water partition coefficient (Wildman–Crippen LogP) is 1.04. The van der Waals surface area contributed by atoms with E-state index in [1.807, 2.05) is 0 Å². The molecule has 1 saturated heterocycles. The molecule has 1 aliphatic rings. The van der Waals surface area contributed by atoms with Gasteiger partial charge >= 0.3 is 17.9 Å². The van der Waals surface area contributed by atoms with Crippen molar-refractivity contribution in [2.24, 2.45) is 0 Å². The highest BCUT2D eigenvalue weighted by Crippen LogP contribution is 2.27. The van der Waals surface area contributed by atoms with Crippen LogP contribution in [0, 0.1) is 0 Å². The van der Waals surface area contributed by atoms with Gasteiger partial charge in [-0.1, -0.05) is 13.0 Å². The maximum Gasteiger partial charge on any atom is 0.332 e. The normalized spacial score (nSPS) is 23.5. The molecule has 1 aliphatic heterocycles. The molecule has 0 aliphatic carbocycles. The van der Waals surface area contributed by atoms with E-state index in [1.165, 1.54) is 32.0 Å². The molecular formula is C21H26N2O9. The van der Waals surface area contributed by atoms with E-state index in [2.05, 4.69) is 10.6 Å². The second kappa shape index (κ2) is 11.1.